The SMILES string of the molecule is CCC(C)(C)CC1CC(c2onc([C@H](CCC(=O)O)CC(=O)Nc3ccc(C)cc3Cl)c2C2CC2)C1. The number of carboxylic acids is 1. The zero-order chi connectivity index (χ0) is 26.0. The number of amides is 1. The molecule has 2 aliphatic rings. The summed E-state index contributed by atoms with van der Waals surface area (Å²) in [6.45, 7) is 8.87. The lowest BCUT2D eigenvalue weighted by Gasteiger charge is -2.39. The van der Waals surface area contributed by atoms with Crippen molar-refractivity contribution in [2.75, 3.05) is 5.32 Å². The van der Waals surface area contributed by atoms with Crippen LogP contribution in [-0.4, -0.2) is 22.1 Å². The van der Waals surface area contributed by atoms with E-state index in [0.29, 0.717) is 40.3 Å². The van der Waals surface area contributed by atoms with Gasteiger partial charge < -0.3 is 14.9 Å². The van der Waals surface area contributed by atoms with E-state index in [4.69, 9.17) is 16.1 Å². The van der Waals surface area contributed by atoms with Crippen LogP contribution in [0.15, 0.2) is 22.7 Å². The summed E-state index contributed by atoms with van der Waals surface area (Å²) in [6.07, 6.45) is 7.28. The molecule has 0 unspecified atom stereocenters. The van der Waals surface area contributed by atoms with Crippen molar-refractivity contribution in [1.82, 2.24) is 5.16 Å². The van der Waals surface area contributed by atoms with Gasteiger partial charge >= 0.3 is 5.97 Å². The standard InChI is InChI=1S/C29H39ClN2O4/c1-5-29(3,4)16-18-13-21(14-18)28-26(19-7-8-19)27(32-36-28)20(9-11-25(34)35)15-24(33)31-23-10-6-17(2)12-22(23)30/h6,10,12,18-21H,5,7-9,11,13-16H2,1-4H3,(H,31,33)(H,34,35)/t18?,20-,21?/m1/s1. The van der Waals surface area contributed by atoms with Crippen molar-refractivity contribution in [3.05, 3.63) is 45.8 Å². The third kappa shape index (κ3) is 6.50. The zero-order valence-corrected chi connectivity index (χ0v) is 22.7. The first-order valence-corrected chi connectivity index (χ1v) is 13.7. The number of carbonyl (C=O) groups is 2. The minimum absolute atomic E-state index is 0.0207. The molecule has 1 aromatic heterocycles. The quantitative estimate of drug-likeness (QED) is 0.301. The second kappa shape index (κ2) is 11.0. The molecule has 0 spiro atoms. The Kier molecular flexibility index (Phi) is 8.13. The minimum Gasteiger partial charge on any atom is -0.481 e. The maximum absolute atomic E-state index is 13.0. The Morgan fingerprint density at radius 3 is 2.58 bits per heavy atom. The van der Waals surface area contributed by atoms with Crippen LogP contribution in [0, 0.1) is 18.3 Å². The van der Waals surface area contributed by atoms with Gasteiger partial charge in [-0.15, -0.1) is 0 Å². The van der Waals surface area contributed by atoms with Gasteiger partial charge in [0.1, 0.15) is 5.76 Å². The molecule has 36 heavy (non-hydrogen) atoms. The van der Waals surface area contributed by atoms with E-state index in [0.717, 1.165) is 48.3 Å². The van der Waals surface area contributed by atoms with Crippen LogP contribution in [0.2, 0.25) is 5.02 Å². The molecule has 7 heteroatoms. The zero-order valence-electron chi connectivity index (χ0n) is 21.9. The van der Waals surface area contributed by atoms with E-state index >= 15 is 0 Å². The van der Waals surface area contributed by atoms with Gasteiger partial charge in [-0.25, -0.2) is 0 Å². The van der Waals surface area contributed by atoms with E-state index in [1.165, 1.54) is 12.8 Å². The summed E-state index contributed by atoms with van der Waals surface area (Å²) in [4.78, 5) is 24.4. The van der Waals surface area contributed by atoms with Crippen molar-refractivity contribution in [1.29, 1.82) is 0 Å². The van der Waals surface area contributed by atoms with Gasteiger partial charge in [0.15, 0.2) is 0 Å². The Bertz CT molecular complexity index is 1100. The highest BCUT2D eigenvalue weighted by Crippen LogP contribution is 2.53. The predicted octanol–water partition coefficient (Wildman–Crippen LogP) is 7.81. The lowest BCUT2D eigenvalue weighted by atomic mass is 9.66. The molecule has 196 valence electrons. The van der Waals surface area contributed by atoms with Crippen LogP contribution in [0.5, 0.6) is 0 Å². The molecule has 2 aliphatic carbocycles. The molecule has 4 rings (SSSR count). The van der Waals surface area contributed by atoms with Crippen LogP contribution < -0.4 is 5.32 Å². The molecule has 1 heterocycles. The first kappa shape index (κ1) is 26.7. The number of nitrogens with zero attached hydrogens (tertiary/aromatic N) is 1. The number of carboxylic acid groups (broad SMARTS) is 1. The number of halogens is 1. The van der Waals surface area contributed by atoms with Crippen molar-refractivity contribution >= 4 is 29.2 Å². The average molecular weight is 515 g/mol. The van der Waals surface area contributed by atoms with E-state index in [1.54, 1.807) is 6.07 Å². The molecule has 2 aromatic rings. The van der Waals surface area contributed by atoms with Crippen molar-refractivity contribution in [3.63, 3.8) is 0 Å². The van der Waals surface area contributed by atoms with Gasteiger partial charge in [0.05, 0.1) is 16.4 Å². The van der Waals surface area contributed by atoms with Crippen molar-refractivity contribution in [2.45, 2.75) is 103 Å². The van der Waals surface area contributed by atoms with E-state index in [9.17, 15) is 14.7 Å². The van der Waals surface area contributed by atoms with Crippen molar-refractivity contribution in [2.24, 2.45) is 11.3 Å². The average Bonchev–Trinajstić information content (AvgIpc) is 3.54. The highest BCUT2D eigenvalue weighted by molar-refractivity contribution is 6.33. The number of carbonyl (C=O) groups excluding carboxylic acids is 1. The van der Waals surface area contributed by atoms with Gasteiger partial charge in [-0.05, 0) is 80.4 Å². The van der Waals surface area contributed by atoms with E-state index < -0.39 is 5.97 Å². The third-order valence-corrected chi connectivity index (χ3v) is 8.41. The fraction of sp³-hybridized carbons (Fsp3) is 0.621. The molecule has 0 radical (unpaired) electrons. The van der Waals surface area contributed by atoms with Gasteiger partial charge in [0, 0.05) is 30.2 Å². The van der Waals surface area contributed by atoms with Gasteiger partial charge in [-0.1, -0.05) is 50.0 Å². The molecule has 1 aromatic carbocycles. The maximum Gasteiger partial charge on any atom is 0.303 e. The number of benzene rings is 1. The lowest BCUT2D eigenvalue weighted by Crippen LogP contribution is -2.27. The number of aryl methyl sites for hydroxylation is 1. The number of anilines is 1. The highest BCUT2D eigenvalue weighted by atomic mass is 35.5. The summed E-state index contributed by atoms with van der Waals surface area (Å²) in [6, 6.07) is 5.49. The molecule has 6 nitrogen and oxygen atoms in total. The first-order valence-electron chi connectivity index (χ1n) is 13.3. The molecular weight excluding hydrogens is 476 g/mol. The van der Waals surface area contributed by atoms with Crippen molar-refractivity contribution < 1.29 is 19.2 Å². The van der Waals surface area contributed by atoms with Crippen LogP contribution in [0.4, 0.5) is 5.69 Å². The molecule has 1 atom stereocenters. The van der Waals surface area contributed by atoms with Crippen LogP contribution in [0.1, 0.15) is 119 Å². The lowest BCUT2D eigenvalue weighted by molar-refractivity contribution is -0.137. The predicted molar refractivity (Wildman–Crippen MR) is 142 cm³/mol. The Morgan fingerprint density at radius 2 is 1.97 bits per heavy atom. The Labute approximate surface area is 219 Å². The van der Waals surface area contributed by atoms with Gasteiger partial charge in [-0.2, -0.15) is 0 Å². The second-order valence-electron chi connectivity index (χ2n) is 11.7. The largest absolute Gasteiger partial charge is 0.481 e. The van der Waals surface area contributed by atoms with E-state index in [-0.39, 0.29) is 24.7 Å². The molecule has 0 bridgehead atoms. The smallest absolute Gasteiger partial charge is 0.303 e. The highest BCUT2D eigenvalue weighted by Gasteiger charge is 2.42. The van der Waals surface area contributed by atoms with Crippen LogP contribution in [0.3, 0.4) is 0 Å². The number of nitrogens with one attached hydrogen (secondary N) is 1. The number of hydrogen-bond acceptors (Lipinski definition) is 4. The van der Waals surface area contributed by atoms with Gasteiger partial charge in [-0.3, -0.25) is 9.59 Å². The minimum atomic E-state index is -0.876. The topological polar surface area (TPSA) is 92.4 Å². The monoisotopic (exact) mass is 514 g/mol. The summed E-state index contributed by atoms with van der Waals surface area (Å²) in [5.41, 5.74) is 3.87. The molecule has 2 N–H and O–H groups in total. The summed E-state index contributed by atoms with van der Waals surface area (Å²) >= 11 is 6.31. The summed E-state index contributed by atoms with van der Waals surface area (Å²) in [5.74, 6) is 1.09. The number of aromatic nitrogens is 1. The van der Waals surface area contributed by atoms with Gasteiger partial charge in [0.25, 0.3) is 0 Å². The number of hydrogen-bond donors (Lipinski definition) is 2. The molecular formula is C29H39ClN2O4. The third-order valence-electron chi connectivity index (χ3n) is 8.10. The second-order valence-corrected chi connectivity index (χ2v) is 12.1. The van der Waals surface area contributed by atoms with Crippen LogP contribution in [0.25, 0.3) is 0 Å². The number of rotatable bonds is 12. The summed E-state index contributed by atoms with van der Waals surface area (Å²) in [7, 11) is 0. The molecule has 0 aliphatic heterocycles. The normalized spacial score (nSPS) is 20.6. The molecule has 1 amide bonds. The van der Waals surface area contributed by atoms with E-state index in [2.05, 4.69) is 31.2 Å². The Hall–Kier alpha value is -2.34. The van der Waals surface area contributed by atoms with Crippen LogP contribution in [-0.2, 0) is 9.59 Å². The van der Waals surface area contributed by atoms with Gasteiger partial charge in [0.2, 0.25) is 5.91 Å². The molecule has 2 saturated carbocycles. The first-order chi connectivity index (χ1) is 17.1. The fourth-order valence-corrected chi connectivity index (χ4v) is 5.80. The maximum atomic E-state index is 13.0. The van der Waals surface area contributed by atoms with E-state index in [1.807, 2.05) is 19.1 Å². The number of aliphatic carboxylic acids is 1. The Morgan fingerprint density at radius 1 is 1.25 bits per heavy atom. The van der Waals surface area contributed by atoms with Crippen molar-refractivity contribution in [3.8, 4) is 0 Å². The molecule has 2 fully saturated rings. The fourth-order valence-electron chi connectivity index (χ4n) is 5.52. The van der Waals surface area contributed by atoms with Crippen LogP contribution >= 0.6 is 11.6 Å². The summed E-state index contributed by atoms with van der Waals surface area (Å²) in [5, 5.41) is 17.2. The summed E-state index contributed by atoms with van der Waals surface area (Å²) < 4.78 is 5.98. The Balaban J connectivity index is 1.50. The molecule has 0 saturated heterocycles.